The van der Waals surface area contributed by atoms with Gasteiger partial charge in [-0.3, -0.25) is 0 Å². The summed E-state index contributed by atoms with van der Waals surface area (Å²) in [6.07, 6.45) is 0. The van der Waals surface area contributed by atoms with E-state index < -0.39 is 11.8 Å². The molecule has 2 heterocycles. The number of halogens is 2. The molecule has 0 aliphatic carbocycles. The molecular weight excluding hydrogens is 375 g/mol. The molecule has 3 aromatic rings. The number of aromatic nitrogens is 1. The van der Waals surface area contributed by atoms with Crippen LogP contribution in [-0.2, 0) is 0 Å². The fraction of sp³-hybridized carbons (Fsp3) is 0.211. The number of para-hydroxylation sites is 1. The Bertz CT molecular complexity index is 984. The van der Waals surface area contributed by atoms with Gasteiger partial charge in [0.15, 0.2) is 5.69 Å². The molecule has 1 aliphatic heterocycles. The van der Waals surface area contributed by atoms with Crippen LogP contribution in [0.2, 0.25) is 5.02 Å². The van der Waals surface area contributed by atoms with Crippen LogP contribution in [0, 0.1) is 5.82 Å². The standard InChI is InChI=1S/C19H16ClFN2O2S/c20-16-13(21)6-7-14-15(16)17(22-8-10-26-11-9-22)18(19(24)25)23(14)12-4-2-1-3-5-12/h1-7H,8-11H2,(H,24,25). The molecule has 0 saturated carbocycles. The summed E-state index contributed by atoms with van der Waals surface area (Å²) in [7, 11) is 0. The highest BCUT2D eigenvalue weighted by Crippen LogP contribution is 2.42. The first-order chi connectivity index (χ1) is 12.6. The Morgan fingerprint density at radius 3 is 2.46 bits per heavy atom. The van der Waals surface area contributed by atoms with Gasteiger partial charge in [-0.25, -0.2) is 9.18 Å². The number of benzene rings is 2. The Kier molecular flexibility index (Phi) is 4.54. The van der Waals surface area contributed by atoms with Crippen LogP contribution >= 0.6 is 23.4 Å². The molecule has 0 amide bonds. The van der Waals surface area contributed by atoms with Gasteiger partial charge in [-0.15, -0.1) is 0 Å². The van der Waals surface area contributed by atoms with Gasteiger partial charge in [-0.1, -0.05) is 29.8 Å². The second-order valence-electron chi connectivity index (χ2n) is 6.03. The molecule has 4 nitrogen and oxygen atoms in total. The molecule has 0 spiro atoms. The molecule has 0 radical (unpaired) electrons. The highest BCUT2D eigenvalue weighted by molar-refractivity contribution is 7.99. The predicted molar refractivity (Wildman–Crippen MR) is 105 cm³/mol. The molecule has 134 valence electrons. The molecule has 1 N–H and O–H groups in total. The summed E-state index contributed by atoms with van der Waals surface area (Å²) in [5.74, 6) is 0.178. The third-order valence-electron chi connectivity index (χ3n) is 4.54. The van der Waals surface area contributed by atoms with Gasteiger partial charge >= 0.3 is 5.97 Å². The van der Waals surface area contributed by atoms with E-state index in [2.05, 4.69) is 0 Å². The van der Waals surface area contributed by atoms with E-state index in [1.165, 1.54) is 6.07 Å². The topological polar surface area (TPSA) is 45.5 Å². The van der Waals surface area contributed by atoms with Gasteiger partial charge < -0.3 is 14.6 Å². The molecule has 0 atom stereocenters. The van der Waals surface area contributed by atoms with Gasteiger partial charge in [0.25, 0.3) is 0 Å². The summed E-state index contributed by atoms with van der Waals surface area (Å²) in [6.45, 7) is 1.40. The zero-order valence-corrected chi connectivity index (χ0v) is 15.4. The van der Waals surface area contributed by atoms with Crippen molar-refractivity contribution in [3.05, 3.63) is 59.0 Å². The van der Waals surface area contributed by atoms with E-state index in [1.54, 1.807) is 10.6 Å². The van der Waals surface area contributed by atoms with Gasteiger partial charge in [-0.2, -0.15) is 11.8 Å². The van der Waals surface area contributed by atoms with E-state index >= 15 is 0 Å². The monoisotopic (exact) mass is 390 g/mol. The van der Waals surface area contributed by atoms with Crippen molar-refractivity contribution >= 4 is 45.9 Å². The number of carbonyl (C=O) groups is 1. The first-order valence-electron chi connectivity index (χ1n) is 8.23. The van der Waals surface area contributed by atoms with Crippen LogP contribution in [-0.4, -0.2) is 40.2 Å². The van der Waals surface area contributed by atoms with Crippen molar-refractivity contribution in [1.82, 2.24) is 4.57 Å². The van der Waals surface area contributed by atoms with Gasteiger partial charge in [0.1, 0.15) is 5.82 Å². The number of thioether (sulfide) groups is 1. The van der Waals surface area contributed by atoms with Gasteiger partial charge in [-0.05, 0) is 24.3 Å². The predicted octanol–water partition coefficient (Wildman–Crippen LogP) is 4.67. The molecule has 0 bridgehead atoms. The van der Waals surface area contributed by atoms with Crippen molar-refractivity contribution in [2.75, 3.05) is 29.5 Å². The van der Waals surface area contributed by atoms with Crippen molar-refractivity contribution in [1.29, 1.82) is 0 Å². The number of aromatic carboxylic acids is 1. The zero-order chi connectivity index (χ0) is 18.3. The zero-order valence-electron chi connectivity index (χ0n) is 13.8. The average molecular weight is 391 g/mol. The molecule has 1 aliphatic rings. The Morgan fingerprint density at radius 2 is 1.81 bits per heavy atom. The minimum atomic E-state index is -1.06. The lowest BCUT2D eigenvalue weighted by molar-refractivity contribution is 0.0689. The normalized spacial score (nSPS) is 14.8. The van der Waals surface area contributed by atoms with E-state index in [1.807, 2.05) is 47.0 Å². The van der Waals surface area contributed by atoms with Crippen molar-refractivity contribution < 1.29 is 14.3 Å². The Morgan fingerprint density at radius 1 is 1.12 bits per heavy atom. The molecule has 0 unspecified atom stereocenters. The minimum absolute atomic E-state index is 0.0343. The van der Waals surface area contributed by atoms with E-state index in [4.69, 9.17) is 11.6 Å². The number of rotatable bonds is 3. The van der Waals surface area contributed by atoms with Crippen molar-refractivity contribution in [3.63, 3.8) is 0 Å². The maximum absolute atomic E-state index is 14.2. The lowest BCUT2D eigenvalue weighted by atomic mass is 10.2. The summed E-state index contributed by atoms with van der Waals surface area (Å²) in [5.41, 5.74) is 1.91. The van der Waals surface area contributed by atoms with Crippen LogP contribution in [0.5, 0.6) is 0 Å². The lowest BCUT2D eigenvalue weighted by Crippen LogP contribution is -2.33. The van der Waals surface area contributed by atoms with Crippen LogP contribution in [0.4, 0.5) is 10.1 Å². The first-order valence-corrected chi connectivity index (χ1v) is 9.76. The van der Waals surface area contributed by atoms with Crippen molar-refractivity contribution in [2.45, 2.75) is 0 Å². The number of anilines is 1. The highest BCUT2D eigenvalue weighted by Gasteiger charge is 2.30. The molecule has 2 aromatic carbocycles. The van der Waals surface area contributed by atoms with E-state index in [9.17, 15) is 14.3 Å². The van der Waals surface area contributed by atoms with Crippen molar-refractivity contribution in [3.8, 4) is 5.69 Å². The Labute approximate surface area is 159 Å². The number of carboxylic acid groups (broad SMARTS) is 1. The van der Waals surface area contributed by atoms with Crippen LogP contribution in [0.25, 0.3) is 16.6 Å². The van der Waals surface area contributed by atoms with Gasteiger partial charge in [0, 0.05) is 35.7 Å². The second kappa shape index (κ2) is 6.85. The smallest absolute Gasteiger partial charge is 0.355 e. The highest BCUT2D eigenvalue weighted by atomic mass is 35.5. The van der Waals surface area contributed by atoms with Crippen LogP contribution < -0.4 is 4.90 Å². The molecule has 1 fully saturated rings. The Hall–Kier alpha value is -2.18. The molecule has 26 heavy (non-hydrogen) atoms. The summed E-state index contributed by atoms with van der Waals surface area (Å²) < 4.78 is 15.9. The molecule has 1 aromatic heterocycles. The molecule has 1 saturated heterocycles. The quantitative estimate of drug-likeness (QED) is 0.705. The van der Waals surface area contributed by atoms with E-state index in [0.29, 0.717) is 35.4 Å². The summed E-state index contributed by atoms with van der Waals surface area (Å²) in [4.78, 5) is 14.2. The van der Waals surface area contributed by atoms with Crippen LogP contribution in [0.3, 0.4) is 0 Å². The SMILES string of the molecule is O=C(O)c1c(N2CCSCC2)c2c(Cl)c(F)ccc2n1-c1ccccc1. The fourth-order valence-electron chi connectivity index (χ4n) is 3.43. The third kappa shape index (κ3) is 2.73. The van der Waals surface area contributed by atoms with E-state index in [0.717, 1.165) is 11.5 Å². The lowest BCUT2D eigenvalue weighted by Gasteiger charge is -2.29. The van der Waals surface area contributed by atoms with Gasteiger partial charge in [0.05, 0.1) is 16.2 Å². The summed E-state index contributed by atoms with van der Waals surface area (Å²) in [5, 5.41) is 10.4. The maximum Gasteiger partial charge on any atom is 0.355 e. The largest absolute Gasteiger partial charge is 0.476 e. The Balaban J connectivity index is 2.12. The fourth-order valence-corrected chi connectivity index (χ4v) is 4.59. The van der Waals surface area contributed by atoms with Crippen LogP contribution in [0.1, 0.15) is 10.5 Å². The summed E-state index contributed by atoms with van der Waals surface area (Å²) in [6, 6.07) is 12.1. The second-order valence-corrected chi connectivity index (χ2v) is 7.63. The maximum atomic E-state index is 14.2. The third-order valence-corrected chi connectivity index (χ3v) is 5.85. The minimum Gasteiger partial charge on any atom is -0.476 e. The molecular formula is C19H16ClFN2O2S. The molecule has 4 rings (SSSR count). The van der Waals surface area contributed by atoms with Crippen LogP contribution in [0.15, 0.2) is 42.5 Å². The number of hydrogen-bond acceptors (Lipinski definition) is 3. The molecule has 7 heteroatoms. The number of carboxylic acids is 1. The first kappa shape index (κ1) is 17.2. The number of fused-ring (bicyclic) bond motifs is 1. The van der Waals surface area contributed by atoms with Gasteiger partial charge in [0.2, 0.25) is 0 Å². The number of nitrogens with zero attached hydrogens (tertiary/aromatic N) is 2. The number of hydrogen-bond donors (Lipinski definition) is 1. The average Bonchev–Trinajstić information content (AvgIpc) is 3.02. The van der Waals surface area contributed by atoms with Crippen molar-refractivity contribution in [2.24, 2.45) is 0 Å². The summed E-state index contributed by atoms with van der Waals surface area (Å²) >= 11 is 8.14. The van der Waals surface area contributed by atoms with E-state index in [-0.39, 0.29) is 10.7 Å².